The number of nitrogens with zero attached hydrogens (tertiary/aromatic N) is 2. The van der Waals surface area contributed by atoms with Gasteiger partial charge in [-0.05, 0) is 11.6 Å². The van der Waals surface area contributed by atoms with Gasteiger partial charge in [0.05, 0.1) is 0 Å². The van der Waals surface area contributed by atoms with Crippen LogP contribution in [0.2, 0.25) is 0 Å². The molecule has 1 heterocycles. The Hall–Kier alpha value is -0.890. The number of alkyl halides is 1. The standard InChI is InChI=1S/C8H7Cl2N3O3S.ClH/c1-16-13-6(7(10)15)4-3-17-8(11-4)12-5(14)2-9;/h3H,2H2,1H3,(H,11,12,14);1H/b13-6-;. The monoisotopic (exact) mass is 331 g/mol. The molecule has 0 saturated carbocycles. The summed E-state index contributed by atoms with van der Waals surface area (Å²) in [6.45, 7) is 0. The Kier molecular flexibility index (Phi) is 7.85. The normalized spacial score (nSPS) is 10.5. The molecule has 6 nitrogen and oxygen atoms in total. The Balaban J connectivity index is 0.00000289. The van der Waals surface area contributed by atoms with E-state index in [0.717, 1.165) is 11.3 Å². The molecule has 0 bridgehead atoms. The number of thiazole rings is 1. The molecule has 0 atom stereocenters. The smallest absolute Gasteiger partial charge is 0.276 e. The molecular weight excluding hydrogens is 325 g/mol. The number of oxime groups is 1. The van der Waals surface area contributed by atoms with E-state index in [1.54, 1.807) is 0 Å². The first-order valence-electron chi connectivity index (χ1n) is 4.21. The summed E-state index contributed by atoms with van der Waals surface area (Å²) in [5, 5.41) is 6.90. The first kappa shape index (κ1) is 17.1. The number of carbonyl (C=O) groups excluding carboxylic acids is 2. The molecule has 18 heavy (non-hydrogen) atoms. The third-order valence-electron chi connectivity index (χ3n) is 1.48. The largest absolute Gasteiger partial charge is 0.398 e. The van der Waals surface area contributed by atoms with Crippen molar-refractivity contribution >= 4 is 68.9 Å². The zero-order valence-corrected chi connectivity index (χ0v) is 12.1. The Labute approximate surface area is 123 Å². The van der Waals surface area contributed by atoms with Gasteiger partial charge in [-0.15, -0.1) is 35.3 Å². The summed E-state index contributed by atoms with van der Waals surface area (Å²) >= 11 is 11.7. The maximum absolute atomic E-state index is 11.0. The lowest BCUT2D eigenvalue weighted by Gasteiger charge is -1.96. The summed E-state index contributed by atoms with van der Waals surface area (Å²) in [6, 6.07) is 0. The second-order valence-corrected chi connectivity index (χ2v) is 4.08. The minimum atomic E-state index is -0.799. The Morgan fingerprint density at radius 1 is 1.61 bits per heavy atom. The molecule has 0 aliphatic rings. The molecule has 1 amide bonds. The maximum atomic E-state index is 11.0. The summed E-state index contributed by atoms with van der Waals surface area (Å²) in [5.41, 5.74) is 0.0958. The van der Waals surface area contributed by atoms with E-state index in [-0.39, 0.29) is 29.7 Å². The number of anilines is 1. The van der Waals surface area contributed by atoms with Crippen LogP contribution in [0.3, 0.4) is 0 Å². The van der Waals surface area contributed by atoms with Gasteiger partial charge in [0.25, 0.3) is 5.24 Å². The van der Waals surface area contributed by atoms with E-state index in [2.05, 4.69) is 20.3 Å². The van der Waals surface area contributed by atoms with Crippen molar-refractivity contribution in [1.82, 2.24) is 4.98 Å². The summed E-state index contributed by atoms with van der Waals surface area (Å²) < 4.78 is 0. The lowest BCUT2D eigenvalue weighted by Crippen LogP contribution is -2.14. The van der Waals surface area contributed by atoms with Crippen LogP contribution in [0.1, 0.15) is 5.69 Å². The van der Waals surface area contributed by atoms with E-state index in [1.807, 2.05) is 0 Å². The topological polar surface area (TPSA) is 80.6 Å². The number of halogens is 3. The molecule has 0 saturated heterocycles. The van der Waals surface area contributed by atoms with Crippen LogP contribution in [0.5, 0.6) is 0 Å². The number of rotatable bonds is 5. The van der Waals surface area contributed by atoms with Crippen LogP contribution in [-0.4, -0.2) is 34.8 Å². The fourth-order valence-corrected chi connectivity index (χ4v) is 1.78. The summed E-state index contributed by atoms with van der Waals surface area (Å²) in [6.07, 6.45) is 0. The predicted molar refractivity (Wildman–Crippen MR) is 73.1 cm³/mol. The third kappa shape index (κ3) is 4.77. The minimum Gasteiger partial charge on any atom is -0.398 e. The molecule has 1 rings (SSSR count). The molecule has 1 aromatic heterocycles. The molecular formula is C8H8Cl3N3O3S. The van der Waals surface area contributed by atoms with E-state index >= 15 is 0 Å². The van der Waals surface area contributed by atoms with Crippen molar-refractivity contribution in [2.24, 2.45) is 5.16 Å². The van der Waals surface area contributed by atoms with Crippen LogP contribution in [0.4, 0.5) is 5.13 Å². The van der Waals surface area contributed by atoms with Crippen LogP contribution in [-0.2, 0) is 14.4 Å². The fraction of sp³-hybridized carbons (Fsp3) is 0.250. The van der Waals surface area contributed by atoms with Gasteiger partial charge in [0, 0.05) is 5.38 Å². The van der Waals surface area contributed by atoms with Gasteiger partial charge in [-0.1, -0.05) is 5.16 Å². The molecule has 100 valence electrons. The fourth-order valence-electron chi connectivity index (χ4n) is 0.867. The van der Waals surface area contributed by atoms with Gasteiger partial charge in [-0.25, -0.2) is 4.98 Å². The predicted octanol–water partition coefficient (Wildman–Crippen LogP) is 1.86. The Bertz CT molecular complexity index is 463. The summed E-state index contributed by atoms with van der Waals surface area (Å²) in [5.74, 6) is -0.572. The number of hydrogen-bond acceptors (Lipinski definition) is 6. The van der Waals surface area contributed by atoms with E-state index in [9.17, 15) is 9.59 Å². The van der Waals surface area contributed by atoms with Gasteiger partial charge >= 0.3 is 0 Å². The van der Waals surface area contributed by atoms with Gasteiger partial charge in [0.2, 0.25) is 5.91 Å². The van der Waals surface area contributed by atoms with Crippen molar-refractivity contribution < 1.29 is 14.4 Å². The number of nitrogens with one attached hydrogen (secondary N) is 1. The van der Waals surface area contributed by atoms with Crippen molar-refractivity contribution in [3.63, 3.8) is 0 Å². The molecule has 1 N–H and O–H groups in total. The van der Waals surface area contributed by atoms with Gasteiger partial charge in [0.1, 0.15) is 18.7 Å². The number of aromatic nitrogens is 1. The van der Waals surface area contributed by atoms with Gasteiger partial charge in [-0.2, -0.15) is 0 Å². The second-order valence-electron chi connectivity index (χ2n) is 2.62. The van der Waals surface area contributed by atoms with Gasteiger partial charge in [0.15, 0.2) is 10.8 Å². The first-order valence-corrected chi connectivity index (χ1v) is 6.00. The van der Waals surface area contributed by atoms with Gasteiger partial charge < -0.3 is 10.2 Å². The molecule has 10 heteroatoms. The zero-order valence-electron chi connectivity index (χ0n) is 8.98. The molecule has 1 aromatic rings. The molecule has 0 aliphatic carbocycles. The Morgan fingerprint density at radius 3 is 2.78 bits per heavy atom. The maximum Gasteiger partial charge on any atom is 0.276 e. The SMILES string of the molecule is CO/N=C(\C(=O)Cl)c1csc(NC(=O)CCl)n1.Cl. The molecule has 0 aromatic carbocycles. The molecule has 0 unspecified atom stereocenters. The van der Waals surface area contributed by atoms with Crippen molar-refractivity contribution in [3.05, 3.63) is 11.1 Å². The first-order chi connectivity index (χ1) is 8.08. The lowest BCUT2D eigenvalue weighted by atomic mass is 10.3. The van der Waals surface area contributed by atoms with Crippen LogP contribution >= 0.6 is 46.9 Å². The van der Waals surface area contributed by atoms with Gasteiger partial charge in [-0.3, -0.25) is 9.59 Å². The molecule has 0 fully saturated rings. The molecule has 0 radical (unpaired) electrons. The van der Waals surface area contributed by atoms with Crippen molar-refractivity contribution in [2.45, 2.75) is 0 Å². The zero-order chi connectivity index (χ0) is 12.8. The average Bonchev–Trinajstić information content (AvgIpc) is 2.73. The minimum absolute atomic E-state index is 0. The van der Waals surface area contributed by atoms with Crippen LogP contribution < -0.4 is 5.32 Å². The Morgan fingerprint density at radius 2 is 2.28 bits per heavy atom. The van der Waals surface area contributed by atoms with E-state index in [0.29, 0.717) is 5.13 Å². The summed E-state index contributed by atoms with van der Waals surface area (Å²) in [7, 11) is 1.28. The highest BCUT2D eigenvalue weighted by Gasteiger charge is 2.17. The third-order valence-corrected chi connectivity index (χ3v) is 2.66. The lowest BCUT2D eigenvalue weighted by molar-refractivity contribution is -0.114. The van der Waals surface area contributed by atoms with Crippen LogP contribution in [0.25, 0.3) is 0 Å². The number of carbonyl (C=O) groups is 2. The van der Waals surface area contributed by atoms with Crippen molar-refractivity contribution in [3.8, 4) is 0 Å². The van der Waals surface area contributed by atoms with E-state index in [1.165, 1.54) is 12.5 Å². The van der Waals surface area contributed by atoms with Crippen molar-refractivity contribution in [1.29, 1.82) is 0 Å². The molecule has 0 aliphatic heterocycles. The van der Waals surface area contributed by atoms with Crippen LogP contribution in [0, 0.1) is 0 Å². The average molecular weight is 333 g/mol. The highest BCUT2D eigenvalue weighted by atomic mass is 35.5. The quantitative estimate of drug-likeness (QED) is 0.386. The second kappa shape index (κ2) is 8.25. The van der Waals surface area contributed by atoms with Crippen LogP contribution in [0.15, 0.2) is 10.5 Å². The highest BCUT2D eigenvalue weighted by Crippen LogP contribution is 2.17. The highest BCUT2D eigenvalue weighted by molar-refractivity contribution is 7.14. The molecule has 0 spiro atoms. The number of amides is 1. The van der Waals surface area contributed by atoms with Crippen molar-refractivity contribution in [2.75, 3.05) is 18.3 Å². The van der Waals surface area contributed by atoms with E-state index < -0.39 is 11.1 Å². The number of hydrogen-bond donors (Lipinski definition) is 1. The van der Waals surface area contributed by atoms with E-state index in [4.69, 9.17) is 23.2 Å². The summed E-state index contributed by atoms with van der Waals surface area (Å²) in [4.78, 5) is 30.4.